The van der Waals surface area contributed by atoms with E-state index in [0.717, 1.165) is 29.4 Å². The summed E-state index contributed by atoms with van der Waals surface area (Å²) in [4.78, 5) is 2.29. The zero-order valence-corrected chi connectivity index (χ0v) is 10.9. The highest BCUT2D eigenvalue weighted by Gasteiger charge is 2.04. The lowest BCUT2D eigenvalue weighted by Crippen LogP contribution is -2.19. The van der Waals surface area contributed by atoms with E-state index in [-0.39, 0.29) is 0 Å². The number of anilines is 1. The van der Waals surface area contributed by atoms with E-state index in [1.807, 2.05) is 18.2 Å². The Balaban J connectivity index is 2.48. The smallest absolute Gasteiger partial charge is 0.0452 e. The molecule has 0 bridgehead atoms. The molecule has 16 heavy (non-hydrogen) atoms. The molecule has 0 fully saturated rings. The molecule has 2 nitrogen and oxygen atoms in total. The van der Waals surface area contributed by atoms with Gasteiger partial charge in [0.1, 0.15) is 0 Å². The van der Waals surface area contributed by atoms with Crippen LogP contribution in [0.3, 0.4) is 0 Å². The standard InChI is InChI=1S/C13H21ClN2/c1-3-4-5-8-16(2)10-11-9-12(15)6-7-13(11)14/h6-7,9H,3-5,8,10,15H2,1-2H3. The summed E-state index contributed by atoms with van der Waals surface area (Å²) in [5.41, 5.74) is 7.64. The molecule has 1 rings (SSSR count). The van der Waals surface area contributed by atoms with E-state index in [2.05, 4.69) is 18.9 Å². The molecule has 2 N–H and O–H groups in total. The van der Waals surface area contributed by atoms with Crippen molar-refractivity contribution in [2.45, 2.75) is 32.7 Å². The van der Waals surface area contributed by atoms with E-state index < -0.39 is 0 Å². The number of halogens is 1. The largest absolute Gasteiger partial charge is 0.399 e. The first-order valence-electron chi connectivity index (χ1n) is 5.86. The number of unbranched alkanes of at least 4 members (excludes halogenated alkanes) is 2. The summed E-state index contributed by atoms with van der Waals surface area (Å²) in [5, 5.41) is 0.802. The van der Waals surface area contributed by atoms with E-state index in [1.54, 1.807) is 0 Å². The second-order valence-corrected chi connectivity index (χ2v) is 4.70. The molecular formula is C13H21ClN2. The predicted molar refractivity (Wildman–Crippen MR) is 71.7 cm³/mol. The van der Waals surface area contributed by atoms with Crippen molar-refractivity contribution in [3.63, 3.8) is 0 Å². The number of nitrogens with zero attached hydrogens (tertiary/aromatic N) is 1. The van der Waals surface area contributed by atoms with Crippen LogP contribution in [0.15, 0.2) is 18.2 Å². The molecule has 3 heteroatoms. The number of rotatable bonds is 6. The Morgan fingerprint density at radius 1 is 1.31 bits per heavy atom. The molecule has 1 aromatic carbocycles. The normalized spacial score (nSPS) is 11.0. The molecule has 0 spiro atoms. The van der Waals surface area contributed by atoms with Gasteiger partial charge in [0.05, 0.1) is 0 Å². The van der Waals surface area contributed by atoms with Gasteiger partial charge in [-0.25, -0.2) is 0 Å². The van der Waals surface area contributed by atoms with E-state index in [4.69, 9.17) is 17.3 Å². The van der Waals surface area contributed by atoms with Crippen LogP contribution in [0, 0.1) is 0 Å². The third-order valence-electron chi connectivity index (χ3n) is 2.65. The number of hydrogen-bond donors (Lipinski definition) is 1. The summed E-state index contributed by atoms with van der Waals surface area (Å²) in [6.45, 7) is 4.20. The summed E-state index contributed by atoms with van der Waals surface area (Å²) >= 11 is 6.12. The molecule has 0 saturated carbocycles. The van der Waals surface area contributed by atoms with Gasteiger partial charge in [0.15, 0.2) is 0 Å². The Kier molecular flexibility index (Phi) is 5.64. The lowest BCUT2D eigenvalue weighted by atomic mass is 10.2. The van der Waals surface area contributed by atoms with Crippen molar-refractivity contribution >= 4 is 17.3 Å². The first kappa shape index (κ1) is 13.3. The molecule has 0 aliphatic rings. The Bertz CT molecular complexity index is 326. The monoisotopic (exact) mass is 240 g/mol. The van der Waals surface area contributed by atoms with Gasteiger partial charge in [0.2, 0.25) is 0 Å². The summed E-state index contributed by atoms with van der Waals surface area (Å²) in [6.07, 6.45) is 3.79. The lowest BCUT2D eigenvalue weighted by Gasteiger charge is -2.17. The zero-order chi connectivity index (χ0) is 12.0. The summed E-state index contributed by atoms with van der Waals surface area (Å²) < 4.78 is 0. The van der Waals surface area contributed by atoms with Gasteiger partial charge in [-0.1, -0.05) is 31.4 Å². The van der Waals surface area contributed by atoms with Crippen LogP contribution < -0.4 is 5.73 Å². The molecule has 0 heterocycles. The van der Waals surface area contributed by atoms with Gasteiger partial charge < -0.3 is 10.6 Å². The number of nitrogens with two attached hydrogens (primary N) is 1. The first-order chi connectivity index (χ1) is 7.63. The van der Waals surface area contributed by atoms with Crippen molar-refractivity contribution in [3.8, 4) is 0 Å². The van der Waals surface area contributed by atoms with E-state index in [9.17, 15) is 0 Å². The minimum Gasteiger partial charge on any atom is -0.399 e. The van der Waals surface area contributed by atoms with Crippen LogP contribution in [0.25, 0.3) is 0 Å². The van der Waals surface area contributed by atoms with Crippen LogP contribution in [-0.2, 0) is 6.54 Å². The van der Waals surface area contributed by atoms with Crippen LogP contribution in [0.5, 0.6) is 0 Å². The quantitative estimate of drug-likeness (QED) is 0.609. The van der Waals surface area contributed by atoms with Crippen molar-refractivity contribution in [1.29, 1.82) is 0 Å². The highest BCUT2D eigenvalue weighted by atomic mass is 35.5. The second kappa shape index (κ2) is 6.77. The molecule has 0 saturated heterocycles. The predicted octanol–water partition coefficient (Wildman–Crippen LogP) is 3.54. The Labute approximate surface area is 103 Å². The molecule has 0 amide bonds. The molecule has 0 radical (unpaired) electrons. The summed E-state index contributed by atoms with van der Waals surface area (Å²) in [5.74, 6) is 0. The summed E-state index contributed by atoms with van der Waals surface area (Å²) in [6, 6.07) is 5.66. The van der Waals surface area contributed by atoms with Crippen molar-refractivity contribution in [2.75, 3.05) is 19.3 Å². The van der Waals surface area contributed by atoms with Crippen molar-refractivity contribution in [3.05, 3.63) is 28.8 Å². The van der Waals surface area contributed by atoms with Gasteiger partial charge in [-0.15, -0.1) is 0 Å². The number of nitrogen functional groups attached to an aromatic ring is 1. The second-order valence-electron chi connectivity index (χ2n) is 4.30. The number of benzene rings is 1. The average molecular weight is 241 g/mol. The zero-order valence-electron chi connectivity index (χ0n) is 10.2. The van der Waals surface area contributed by atoms with Crippen LogP contribution in [0.1, 0.15) is 31.7 Å². The molecule has 0 atom stereocenters. The van der Waals surface area contributed by atoms with Crippen molar-refractivity contribution in [1.82, 2.24) is 4.90 Å². The highest BCUT2D eigenvalue weighted by molar-refractivity contribution is 6.31. The molecule has 0 unspecified atom stereocenters. The molecule has 1 aromatic rings. The van der Waals surface area contributed by atoms with Crippen LogP contribution in [-0.4, -0.2) is 18.5 Å². The van der Waals surface area contributed by atoms with Gasteiger partial charge >= 0.3 is 0 Å². The Morgan fingerprint density at radius 3 is 2.75 bits per heavy atom. The Morgan fingerprint density at radius 2 is 2.06 bits per heavy atom. The SMILES string of the molecule is CCCCCN(C)Cc1cc(N)ccc1Cl. The molecular weight excluding hydrogens is 220 g/mol. The maximum absolute atomic E-state index is 6.12. The van der Waals surface area contributed by atoms with Gasteiger partial charge in [-0.05, 0) is 43.8 Å². The molecule has 0 aliphatic carbocycles. The Hall–Kier alpha value is -0.730. The molecule has 0 aromatic heterocycles. The third kappa shape index (κ3) is 4.42. The van der Waals surface area contributed by atoms with Gasteiger partial charge in [-0.2, -0.15) is 0 Å². The van der Waals surface area contributed by atoms with Crippen molar-refractivity contribution in [2.24, 2.45) is 0 Å². The van der Waals surface area contributed by atoms with Crippen LogP contribution in [0.2, 0.25) is 5.02 Å². The van der Waals surface area contributed by atoms with E-state index in [0.29, 0.717) is 0 Å². The van der Waals surface area contributed by atoms with E-state index >= 15 is 0 Å². The van der Waals surface area contributed by atoms with Gasteiger partial charge in [0.25, 0.3) is 0 Å². The highest BCUT2D eigenvalue weighted by Crippen LogP contribution is 2.20. The molecule has 0 aliphatic heterocycles. The fourth-order valence-corrected chi connectivity index (χ4v) is 1.89. The van der Waals surface area contributed by atoms with Gasteiger partial charge in [0, 0.05) is 17.3 Å². The maximum Gasteiger partial charge on any atom is 0.0452 e. The molecule has 90 valence electrons. The maximum atomic E-state index is 6.12. The lowest BCUT2D eigenvalue weighted by molar-refractivity contribution is 0.318. The fraction of sp³-hybridized carbons (Fsp3) is 0.538. The first-order valence-corrected chi connectivity index (χ1v) is 6.23. The van der Waals surface area contributed by atoms with Crippen molar-refractivity contribution < 1.29 is 0 Å². The number of hydrogen-bond acceptors (Lipinski definition) is 2. The average Bonchev–Trinajstić information content (AvgIpc) is 2.24. The minimum absolute atomic E-state index is 0.779. The minimum atomic E-state index is 0.779. The topological polar surface area (TPSA) is 29.3 Å². The van der Waals surface area contributed by atoms with Gasteiger partial charge in [-0.3, -0.25) is 0 Å². The third-order valence-corrected chi connectivity index (χ3v) is 3.02. The van der Waals surface area contributed by atoms with Crippen LogP contribution in [0.4, 0.5) is 5.69 Å². The summed E-state index contributed by atoms with van der Waals surface area (Å²) in [7, 11) is 2.12. The van der Waals surface area contributed by atoms with E-state index in [1.165, 1.54) is 19.3 Å². The van der Waals surface area contributed by atoms with Crippen LogP contribution >= 0.6 is 11.6 Å². The fourth-order valence-electron chi connectivity index (χ4n) is 1.72.